The number of nitrogens with one attached hydrogen (secondary N) is 1. The summed E-state index contributed by atoms with van der Waals surface area (Å²) in [5, 5.41) is 1.81. The summed E-state index contributed by atoms with van der Waals surface area (Å²) in [4.78, 5) is 29.9. The smallest absolute Gasteiger partial charge is 0.241 e. The maximum Gasteiger partial charge on any atom is 0.241 e. The molecule has 1 fully saturated rings. The number of amides is 2. The van der Waals surface area contributed by atoms with Crippen molar-refractivity contribution in [1.82, 2.24) is 14.7 Å². The molecule has 1 atom stereocenters. The van der Waals surface area contributed by atoms with Gasteiger partial charge in [-0.15, -0.1) is 0 Å². The van der Waals surface area contributed by atoms with Gasteiger partial charge in [-0.1, -0.05) is 0 Å². The van der Waals surface area contributed by atoms with Crippen molar-refractivity contribution in [3.8, 4) is 0 Å². The second kappa shape index (κ2) is 10.2. The summed E-state index contributed by atoms with van der Waals surface area (Å²) in [5.74, 6) is -11.6. The van der Waals surface area contributed by atoms with Crippen LogP contribution in [0.5, 0.6) is 0 Å². The molecule has 30 heavy (non-hydrogen) atoms. The van der Waals surface area contributed by atoms with Crippen molar-refractivity contribution < 1.29 is 31.5 Å². The molecule has 11 heteroatoms. The zero-order valence-electron chi connectivity index (χ0n) is 17.1. The third-order valence-corrected chi connectivity index (χ3v) is 5.27. The van der Waals surface area contributed by atoms with E-state index in [0.29, 0.717) is 39.3 Å². The van der Waals surface area contributed by atoms with Crippen LogP contribution in [0.1, 0.15) is 20.8 Å². The van der Waals surface area contributed by atoms with Gasteiger partial charge in [0.15, 0.2) is 23.3 Å². The molecule has 168 valence electrons. The van der Waals surface area contributed by atoms with Gasteiger partial charge < -0.3 is 10.2 Å². The van der Waals surface area contributed by atoms with E-state index in [-0.39, 0.29) is 12.5 Å². The van der Waals surface area contributed by atoms with E-state index >= 15 is 0 Å². The number of halogens is 5. The molecular formula is C19H25F5N4O2. The number of rotatable bonds is 7. The molecule has 0 radical (unpaired) electrons. The van der Waals surface area contributed by atoms with Gasteiger partial charge in [-0.25, -0.2) is 22.0 Å². The monoisotopic (exact) mass is 436 g/mol. The summed E-state index contributed by atoms with van der Waals surface area (Å²) in [6, 6.07) is -0.874. The number of nitrogens with zero attached hydrogens (tertiary/aromatic N) is 3. The van der Waals surface area contributed by atoms with Crippen molar-refractivity contribution in [3.05, 3.63) is 29.1 Å². The van der Waals surface area contributed by atoms with E-state index in [4.69, 9.17) is 0 Å². The highest BCUT2D eigenvalue weighted by Crippen LogP contribution is 2.27. The summed E-state index contributed by atoms with van der Waals surface area (Å²) in [6.07, 6.45) is 0. The SMILES string of the molecule is CCN(CC)C(=O)CN1CCN(C(C)C(=O)Nc2c(F)c(F)c(F)c(F)c2F)CC1. The molecule has 0 saturated carbocycles. The molecule has 1 aliphatic heterocycles. The van der Waals surface area contributed by atoms with E-state index in [9.17, 15) is 31.5 Å². The van der Waals surface area contributed by atoms with Crippen LogP contribution in [-0.4, -0.2) is 78.4 Å². The normalized spacial score (nSPS) is 16.4. The number of hydrogen-bond acceptors (Lipinski definition) is 4. The first-order chi connectivity index (χ1) is 14.1. The fourth-order valence-corrected chi connectivity index (χ4v) is 3.28. The summed E-state index contributed by atoms with van der Waals surface area (Å²) >= 11 is 0. The number of carbonyl (C=O) groups excluding carboxylic acids is 2. The Hall–Kier alpha value is -2.27. The van der Waals surface area contributed by atoms with Gasteiger partial charge in [-0.05, 0) is 20.8 Å². The standard InChI is InChI=1S/C19H25F5N4O2/c1-4-27(5-2)12(29)10-26-6-8-28(9-7-26)11(3)19(30)25-18-16(23)14(21)13(20)15(22)17(18)24/h11H,4-10H2,1-3H3,(H,25,30). The Morgan fingerprint density at radius 2 is 1.37 bits per heavy atom. The van der Waals surface area contributed by atoms with Crippen molar-refractivity contribution in [2.45, 2.75) is 26.8 Å². The summed E-state index contributed by atoms with van der Waals surface area (Å²) in [7, 11) is 0. The lowest BCUT2D eigenvalue weighted by Gasteiger charge is -2.37. The molecule has 0 aliphatic carbocycles. The van der Waals surface area contributed by atoms with Crippen LogP contribution in [-0.2, 0) is 9.59 Å². The molecule has 0 spiro atoms. The van der Waals surface area contributed by atoms with Crippen LogP contribution in [0.3, 0.4) is 0 Å². The minimum Gasteiger partial charge on any atom is -0.342 e. The largest absolute Gasteiger partial charge is 0.342 e. The van der Waals surface area contributed by atoms with E-state index in [0.717, 1.165) is 0 Å². The first-order valence-electron chi connectivity index (χ1n) is 9.68. The minimum atomic E-state index is -2.29. The number of likely N-dealkylation sites (N-methyl/N-ethyl adjacent to an activating group) is 1. The maximum absolute atomic E-state index is 13.8. The first-order valence-corrected chi connectivity index (χ1v) is 9.68. The Labute approximate surface area is 171 Å². The van der Waals surface area contributed by atoms with Crippen LogP contribution in [0.15, 0.2) is 0 Å². The van der Waals surface area contributed by atoms with E-state index in [1.807, 2.05) is 18.7 Å². The van der Waals surface area contributed by atoms with Crippen LogP contribution in [0.4, 0.5) is 27.6 Å². The Morgan fingerprint density at radius 3 is 1.83 bits per heavy atom. The molecule has 0 bridgehead atoms. The van der Waals surface area contributed by atoms with Crippen LogP contribution < -0.4 is 5.32 Å². The Balaban J connectivity index is 1.97. The predicted molar refractivity (Wildman–Crippen MR) is 100 cm³/mol. The maximum atomic E-state index is 13.8. The van der Waals surface area contributed by atoms with Gasteiger partial charge in [0.1, 0.15) is 5.69 Å². The predicted octanol–water partition coefficient (Wildman–Crippen LogP) is 2.20. The molecular weight excluding hydrogens is 411 g/mol. The Bertz CT molecular complexity index is 767. The number of anilines is 1. The van der Waals surface area contributed by atoms with Gasteiger partial charge in [0.2, 0.25) is 17.6 Å². The molecule has 1 saturated heterocycles. The van der Waals surface area contributed by atoms with Crippen molar-refractivity contribution in [2.75, 3.05) is 51.1 Å². The molecule has 2 amide bonds. The molecule has 2 rings (SSSR count). The van der Waals surface area contributed by atoms with Crippen molar-refractivity contribution >= 4 is 17.5 Å². The first kappa shape index (κ1) is 24.0. The molecule has 0 aromatic heterocycles. The van der Waals surface area contributed by atoms with E-state index in [1.54, 1.807) is 15.1 Å². The van der Waals surface area contributed by atoms with E-state index < -0.39 is 46.7 Å². The highest BCUT2D eigenvalue weighted by molar-refractivity contribution is 5.94. The average molecular weight is 436 g/mol. The topological polar surface area (TPSA) is 55.9 Å². The van der Waals surface area contributed by atoms with Gasteiger partial charge in [-0.3, -0.25) is 19.4 Å². The van der Waals surface area contributed by atoms with Crippen molar-refractivity contribution in [3.63, 3.8) is 0 Å². The van der Waals surface area contributed by atoms with Crippen LogP contribution in [0.25, 0.3) is 0 Å². The average Bonchev–Trinajstić information content (AvgIpc) is 2.74. The molecule has 1 aromatic rings. The number of piperazine rings is 1. The second-order valence-corrected chi connectivity index (χ2v) is 6.99. The Morgan fingerprint density at radius 1 is 0.900 bits per heavy atom. The third-order valence-electron chi connectivity index (χ3n) is 5.27. The summed E-state index contributed by atoms with van der Waals surface area (Å²) in [5.41, 5.74) is -1.37. The molecule has 1 aromatic carbocycles. The second-order valence-electron chi connectivity index (χ2n) is 6.99. The number of carbonyl (C=O) groups is 2. The van der Waals surface area contributed by atoms with Gasteiger partial charge in [0, 0.05) is 39.3 Å². The zero-order valence-corrected chi connectivity index (χ0v) is 17.1. The lowest BCUT2D eigenvalue weighted by molar-refractivity contribution is -0.133. The fraction of sp³-hybridized carbons (Fsp3) is 0.579. The summed E-state index contributed by atoms with van der Waals surface area (Å²) in [6.45, 7) is 8.52. The molecule has 1 heterocycles. The van der Waals surface area contributed by atoms with E-state index in [2.05, 4.69) is 0 Å². The van der Waals surface area contributed by atoms with E-state index in [1.165, 1.54) is 6.92 Å². The van der Waals surface area contributed by atoms with Crippen molar-refractivity contribution in [1.29, 1.82) is 0 Å². The van der Waals surface area contributed by atoms with Gasteiger partial charge in [0.05, 0.1) is 12.6 Å². The Kier molecular flexibility index (Phi) is 8.13. The minimum absolute atomic E-state index is 0.00514. The lowest BCUT2D eigenvalue weighted by atomic mass is 10.2. The number of benzene rings is 1. The molecule has 1 N–H and O–H groups in total. The lowest BCUT2D eigenvalue weighted by Crippen LogP contribution is -2.54. The van der Waals surface area contributed by atoms with Gasteiger partial charge in [-0.2, -0.15) is 0 Å². The molecule has 1 aliphatic rings. The summed E-state index contributed by atoms with van der Waals surface area (Å²) < 4.78 is 67.3. The van der Waals surface area contributed by atoms with Gasteiger partial charge >= 0.3 is 0 Å². The fourth-order valence-electron chi connectivity index (χ4n) is 3.28. The van der Waals surface area contributed by atoms with Crippen LogP contribution >= 0.6 is 0 Å². The quantitative estimate of drug-likeness (QED) is 0.405. The van der Waals surface area contributed by atoms with Crippen LogP contribution in [0.2, 0.25) is 0 Å². The highest BCUT2D eigenvalue weighted by Gasteiger charge is 2.31. The molecule has 1 unspecified atom stereocenters. The molecule has 6 nitrogen and oxygen atoms in total. The zero-order chi connectivity index (χ0) is 22.6. The highest BCUT2D eigenvalue weighted by atomic mass is 19.2. The third kappa shape index (κ3) is 5.07. The van der Waals surface area contributed by atoms with Gasteiger partial charge in [0.25, 0.3) is 0 Å². The number of hydrogen-bond donors (Lipinski definition) is 1. The van der Waals surface area contributed by atoms with Crippen molar-refractivity contribution in [2.24, 2.45) is 0 Å². The van der Waals surface area contributed by atoms with Crippen LogP contribution in [0, 0.1) is 29.1 Å².